The third-order valence-electron chi connectivity index (χ3n) is 3.50. The second-order valence-corrected chi connectivity index (χ2v) is 5.48. The van der Waals surface area contributed by atoms with Crippen molar-refractivity contribution in [3.8, 4) is 0 Å². The molecule has 1 unspecified atom stereocenters. The number of nitro groups is 1. The highest BCUT2D eigenvalue weighted by molar-refractivity contribution is 5.99. The summed E-state index contributed by atoms with van der Waals surface area (Å²) in [5.41, 5.74) is 0.783. The van der Waals surface area contributed by atoms with E-state index in [1.54, 1.807) is 18.2 Å². The van der Waals surface area contributed by atoms with Gasteiger partial charge in [-0.15, -0.1) is 0 Å². The smallest absolute Gasteiger partial charge is 0.338 e. The Bertz CT molecular complexity index is 860. The minimum absolute atomic E-state index is 0.0915. The lowest BCUT2D eigenvalue weighted by atomic mass is 10.1. The van der Waals surface area contributed by atoms with Crippen LogP contribution in [0.2, 0.25) is 0 Å². The fraction of sp³-hybridized carbons (Fsp3) is 0.167. The largest absolute Gasteiger partial charge is 0.449 e. The van der Waals surface area contributed by atoms with Gasteiger partial charge in [0.1, 0.15) is 0 Å². The van der Waals surface area contributed by atoms with Crippen molar-refractivity contribution >= 4 is 29.0 Å². The highest BCUT2D eigenvalue weighted by Gasteiger charge is 2.20. The molecule has 0 saturated carbocycles. The predicted molar refractivity (Wildman–Crippen MR) is 93.1 cm³/mol. The summed E-state index contributed by atoms with van der Waals surface area (Å²) in [6.07, 6.45) is -1.10. The molecule has 26 heavy (non-hydrogen) atoms. The van der Waals surface area contributed by atoms with Gasteiger partial charge in [0.2, 0.25) is 0 Å². The maximum absolute atomic E-state index is 12.1. The topological polar surface area (TPSA) is 116 Å². The molecule has 1 amide bonds. The van der Waals surface area contributed by atoms with Crippen molar-refractivity contribution in [3.05, 3.63) is 69.8 Å². The molecular formula is C18H16N2O6. The van der Waals surface area contributed by atoms with E-state index in [1.807, 2.05) is 0 Å². The molecule has 1 atom stereocenters. The Hall–Kier alpha value is -3.55. The molecule has 0 aromatic heterocycles. The van der Waals surface area contributed by atoms with Crippen LogP contribution in [0.4, 0.5) is 11.4 Å². The lowest BCUT2D eigenvalue weighted by molar-refractivity contribution is -0.384. The lowest BCUT2D eigenvalue weighted by Gasteiger charge is -2.14. The van der Waals surface area contributed by atoms with Gasteiger partial charge in [-0.2, -0.15) is 0 Å². The Morgan fingerprint density at radius 3 is 2.31 bits per heavy atom. The molecule has 0 saturated heterocycles. The Morgan fingerprint density at radius 1 is 1.08 bits per heavy atom. The molecule has 0 fully saturated rings. The Balaban J connectivity index is 1.99. The molecule has 0 aliphatic rings. The zero-order chi connectivity index (χ0) is 19.3. The van der Waals surface area contributed by atoms with Crippen molar-refractivity contribution in [1.82, 2.24) is 0 Å². The number of non-ortho nitro benzene ring substituents is 1. The number of nitrogens with zero attached hydrogens (tertiary/aromatic N) is 1. The van der Waals surface area contributed by atoms with E-state index in [2.05, 4.69) is 5.32 Å². The lowest BCUT2D eigenvalue weighted by Crippen LogP contribution is -2.30. The first-order valence-electron chi connectivity index (χ1n) is 7.65. The number of rotatable bonds is 6. The highest BCUT2D eigenvalue weighted by Crippen LogP contribution is 2.15. The standard InChI is InChI=1S/C18H16N2O6/c1-11(21)14-4-3-5-15(10-14)19-17(22)12(2)26-18(23)13-6-8-16(9-7-13)20(24)25/h3-10,12H,1-2H3,(H,19,22). The maximum atomic E-state index is 12.1. The Kier molecular flexibility index (Phi) is 5.79. The fourth-order valence-corrected chi connectivity index (χ4v) is 2.06. The molecular weight excluding hydrogens is 340 g/mol. The van der Waals surface area contributed by atoms with Crippen LogP contribution in [-0.4, -0.2) is 28.7 Å². The summed E-state index contributed by atoms with van der Waals surface area (Å²) in [6.45, 7) is 2.81. The first kappa shape index (κ1) is 18.8. The number of hydrogen-bond donors (Lipinski definition) is 1. The normalized spacial score (nSPS) is 11.3. The minimum Gasteiger partial charge on any atom is -0.449 e. The number of amides is 1. The van der Waals surface area contributed by atoms with Gasteiger partial charge in [-0.3, -0.25) is 19.7 Å². The van der Waals surface area contributed by atoms with Gasteiger partial charge in [-0.1, -0.05) is 12.1 Å². The summed E-state index contributed by atoms with van der Waals surface area (Å²) in [6, 6.07) is 11.2. The molecule has 8 heteroatoms. The van der Waals surface area contributed by atoms with Gasteiger partial charge in [-0.25, -0.2) is 4.79 Å². The monoisotopic (exact) mass is 356 g/mol. The fourth-order valence-electron chi connectivity index (χ4n) is 2.06. The second-order valence-electron chi connectivity index (χ2n) is 5.48. The van der Waals surface area contributed by atoms with Crippen LogP contribution in [0.15, 0.2) is 48.5 Å². The maximum Gasteiger partial charge on any atom is 0.338 e. The zero-order valence-electron chi connectivity index (χ0n) is 14.1. The predicted octanol–water partition coefficient (Wildman–Crippen LogP) is 2.98. The van der Waals surface area contributed by atoms with Crippen LogP contribution in [0.25, 0.3) is 0 Å². The molecule has 2 aromatic rings. The van der Waals surface area contributed by atoms with Crippen LogP contribution in [0.1, 0.15) is 34.6 Å². The van der Waals surface area contributed by atoms with Crippen molar-refractivity contribution in [3.63, 3.8) is 0 Å². The molecule has 8 nitrogen and oxygen atoms in total. The molecule has 1 N–H and O–H groups in total. The van der Waals surface area contributed by atoms with Crippen molar-refractivity contribution < 1.29 is 24.0 Å². The van der Waals surface area contributed by atoms with Crippen LogP contribution in [0, 0.1) is 10.1 Å². The minimum atomic E-state index is -1.10. The van der Waals surface area contributed by atoms with Gasteiger partial charge in [0.05, 0.1) is 10.5 Å². The van der Waals surface area contributed by atoms with Crippen LogP contribution in [-0.2, 0) is 9.53 Å². The number of esters is 1. The number of hydrogen-bond acceptors (Lipinski definition) is 6. The number of ether oxygens (including phenoxy) is 1. The van der Waals surface area contributed by atoms with Crippen molar-refractivity contribution in [2.45, 2.75) is 20.0 Å². The SMILES string of the molecule is CC(=O)c1cccc(NC(=O)C(C)OC(=O)c2ccc([N+](=O)[O-])cc2)c1. The number of anilines is 1. The molecule has 134 valence electrons. The van der Waals surface area contributed by atoms with Gasteiger partial charge < -0.3 is 10.1 Å². The molecule has 0 bridgehead atoms. The number of benzene rings is 2. The van der Waals surface area contributed by atoms with E-state index in [1.165, 1.54) is 44.2 Å². The number of carbonyl (C=O) groups excluding carboxylic acids is 3. The first-order valence-corrected chi connectivity index (χ1v) is 7.65. The summed E-state index contributed by atoms with van der Waals surface area (Å²) in [5.74, 6) is -1.49. The van der Waals surface area contributed by atoms with Crippen molar-refractivity contribution in [2.75, 3.05) is 5.32 Å². The van der Waals surface area contributed by atoms with Gasteiger partial charge >= 0.3 is 5.97 Å². The summed E-state index contributed by atoms with van der Waals surface area (Å²) in [5, 5.41) is 13.2. The molecule has 2 rings (SSSR count). The quantitative estimate of drug-likeness (QED) is 0.368. The molecule has 0 aliphatic heterocycles. The number of nitro benzene ring substituents is 1. The first-order chi connectivity index (χ1) is 12.3. The molecule has 2 aromatic carbocycles. The summed E-state index contributed by atoms with van der Waals surface area (Å²) >= 11 is 0. The summed E-state index contributed by atoms with van der Waals surface area (Å²) in [4.78, 5) is 45.5. The summed E-state index contributed by atoms with van der Waals surface area (Å²) in [7, 11) is 0. The van der Waals surface area contributed by atoms with Gasteiger partial charge in [0.15, 0.2) is 11.9 Å². The third-order valence-corrected chi connectivity index (χ3v) is 3.50. The molecule has 0 aliphatic carbocycles. The molecule has 0 radical (unpaired) electrons. The average molecular weight is 356 g/mol. The third kappa shape index (κ3) is 4.73. The number of carbonyl (C=O) groups is 3. The van der Waals surface area contributed by atoms with Crippen molar-refractivity contribution in [2.24, 2.45) is 0 Å². The van der Waals surface area contributed by atoms with Crippen LogP contribution >= 0.6 is 0 Å². The zero-order valence-corrected chi connectivity index (χ0v) is 14.1. The van der Waals surface area contributed by atoms with Gasteiger partial charge in [-0.05, 0) is 38.1 Å². The second kappa shape index (κ2) is 8.02. The van der Waals surface area contributed by atoms with Crippen LogP contribution in [0.5, 0.6) is 0 Å². The van der Waals surface area contributed by atoms with E-state index >= 15 is 0 Å². The van der Waals surface area contributed by atoms with E-state index in [0.717, 1.165) is 0 Å². The van der Waals surface area contributed by atoms with Gasteiger partial charge in [0.25, 0.3) is 11.6 Å². The van der Waals surface area contributed by atoms with Crippen LogP contribution < -0.4 is 5.32 Å². The Morgan fingerprint density at radius 2 is 1.73 bits per heavy atom. The van der Waals surface area contributed by atoms with E-state index in [9.17, 15) is 24.5 Å². The number of nitrogens with one attached hydrogen (secondary N) is 1. The number of Topliss-reactive ketones (excluding diaryl/α,β-unsaturated/α-hetero) is 1. The van der Waals surface area contributed by atoms with Gasteiger partial charge in [0, 0.05) is 23.4 Å². The van der Waals surface area contributed by atoms with E-state index in [0.29, 0.717) is 11.3 Å². The van der Waals surface area contributed by atoms with E-state index in [-0.39, 0.29) is 17.0 Å². The molecule has 0 heterocycles. The number of ketones is 1. The van der Waals surface area contributed by atoms with E-state index in [4.69, 9.17) is 4.74 Å². The molecule has 0 spiro atoms. The van der Waals surface area contributed by atoms with Crippen molar-refractivity contribution in [1.29, 1.82) is 0 Å². The average Bonchev–Trinajstić information content (AvgIpc) is 2.61. The Labute approximate surface area is 148 Å². The highest BCUT2D eigenvalue weighted by atomic mass is 16.6. The van der Waals surface area contributed by atoms with E-state index < -0.39 is 22.9 Å². The summed E-state index contributed by atoms with van der Waals surface area (Å²) < 4.78 is 5.06. The van der Waals surface area contributed by atoms with Crippen LogP contribution in [0.3, 0.4) is 0 Å².